The molecule has 0 spiro atoms. The van der Waals surface area contributed by atoms with Gasteiger partial charge in [0, 0.05) is 30.3 Å². The van der Waals surface area contributed by atoms with Crippen LogP contribution in [-0.4, -0.2) is 23.5 Å². The number of rotatable bonds is 5. The zero-order valence-electron chi connectivity index (χ0n) is 15.6. The van der Waals surface area contributed by atoms with Crippen LogP contribution in [0.2, 0.25) is 0 Å². The molecule has 1 fully saturated rings. The highest BCUT2D eigenvalue weighted by atomic mass is 16.5. The van der Waals surface area contributed by atoms with E-state index in [0.29, 0.717) is 18.0 Å². The second-order valence-electron chi connectivity index (χ2n) is 7.01. The molecule has 1 N–H and O–H groups in total. The van der Waals surface area contributed by atoms with Crippen LogP contribution in [0.15, 0.2) is 65.2 Å². The Hall–Kier alpha value is -3.41. The van der Waals surface area contributed by atoms with Gasteiger partial charge in [-0.25, -0.2) is 0 Å². The number of amides is 2. The van der Waals surface area contributed by atoms with Crippen molar-refractivity contribution in [1.29, 1.82) is 0 Å². The molecule has 2 aromatic carbocycles. The van der Waals surface area contributed by atoms with Crippen molar-refractivity contribution in [2.75, 3.05) is 11.4 Å². The Morgan fingerprint density at radius 1 is 1.18 bits per heavy atom. The van der Waals surface area contributed by atoms with E-state index in [1.165, 1.54) is 0 Å². The molecule has 2 heterocycles. The van der Waals surface area contributed by atoms with Crippen LogP contribution in [0.25, 0.3) is 11.3 Å². The standard InChI is InChI=1S/C22H21N3O3/c1-15-7-9-19(10-8-15)25-14-17(11-21(25)26)22(27)23-13-18-12-20(28-24-18)16-5-3-2-4-6-16/h2-10,12,17H,11,13-14H2,1H3,(H,23,27)/t17-/m0/s1. The normalized spacial score (nSPS) is 16.4. The van der Waals surface area contributed by atoms with Crippen molar-refractivity contribution in [3.05, 3.63) is 71.9 Å². The highest BCUT2D eigenvalue weighted by molar-refractivity contribution is 6.00. The van der Waals surface area contributed by atoms with E-state index in [0.717, 1.165) is 16.8 Å². The predicted molar refractivity (Wildman–Crippen MR) is 105 cm³/mol. The minimum atomic E-state index is -0.366. The summed E-state index contributed by atoms with van der Waals surface area (Å²) >= 11 is 0. The molecule has 1 atom stereocenters. The van der Waals surface area contributed by atoms with Gasteiger partial charge in [-0.05, 0) is 19.1 Å². The fraction of sp³-hybridized carbons (Fsp3) is 0.227. The molecule has 28 heavy (non-hydrogen) atoms. The van der Waals surface area contributed by atoms with Crippen molar-refractivity contribution < 1.29 is 14.1 Å². The van der Waals surface area contributed by atoms with E-state index in [1.807, 2.05) is 67.6 Å². The van der Waals surface area contributed by atoms with Gasteiger partial charge in [0.2, 0.25) is 11.8 Å². The number of aryl methyl sites for hydroxylation is 1. The van der Waals surface area contributed by atoms with Gasteiger partial charge in [0.25, 0.3) is 0 Å². The monoisotopic (exact) mass is 375 g/mol. The molecule has 1 aliphatic rings. The minimum Gasteiger partial charge on any atom is -0.356 e. The van der Waals surface area contributed by atoms with Gasteiger partial charge in [0.05, 0.1) is 12.5 Å². The third-order valence-electron chi connectivity index (χ3n) is 4.90. The molecule has 0 aliphatic carbocycles. The Kier molecular flexibility index (Phi) is 4.93. The lowest BCUT2D eigenvalue weighted by Gasteiger charge is -2.16. The maximum atomic E-state index is 12.5. The van der Waals surface area contributed by atoms with Gasteiger partial charge < -0.3 is 14.7 Å². The maximum Gasteiger partial charge on any atom is 0.227 e. The highest BCUT2D eigenvalue weighted by Crippen LogP contribution is 2.25. The molecule has 1 aromatic heterocycles. The number of anilines is 1. The van der Waals surface area contributed by atoms with Gasteiger partial charge in [-0.2, -0.15) is 0 Å². The predicted octanol–water partition coefficient (Wildman–Crippen LogP) is 3.32. The Balaban J connectivity index is 1.35. The van der Waals surface area contributed by atoms with Crippen LogP contribution < -0.4 is 10.2 Å². The second kappa shape index (κ2) is 7.68. The van der Waals surface area contributed by atoms with Crippen LogP contribution >= 0.6 is 0 Å². The fourth-order valence-electron chi connectivity index (χ4n) is 3.31. The average Bonchev–Trinajstić information content (AvgIpc) is 3.34. The summed E-state index contributed by atoms with van der Waals surface area (Å²) in [6.07, 6.45) is 0.216. The average molecular weight is 375 g/mol. The first-order chi connectivity index (χ1) is 13.6. The third-order valence-corrected chi connectivity index (χ3v) is 4.90. The fourth-order valence-corrected chi connectivity index (χ4v) is 3.31. The van der Waals surface area contributed by atoms with E-state index in [9.17, 15) is 9.59 Å². The van der Waals surface area contributed by atoms with E-state index in [2.05, 4.69) is 10.5 Å². The van der Waals surface area contributed by atoms with E-state index >= 15 is 0 Å². The van der Waals surface area contributed by atoms with Crippen molar-refractivity contribution in [2.24, 2.45) is 5.92 Å². The van der Waals surface area contributed by atoms with Crippen molar-refractivity contribution in [3.8, 4) is 11.3 Å². The molecule has 6 nitrogen and oxygen atoms in total. The Labute approximate surface area is 163 Å². The van der Waals surface area contributed by atoms with Crippen LogP contribution in [0.1, 0.15) is 17.7 Å². The number of hydrogen-bond donors (Lipinski definition) is 1. The van der Waals surface area contributed by atoms with E-state index in [4.69, 9.17) is 4.52 Å². The summed E-state index contributed by atoms with van der Waals surface area (Å²) in [4.78, 5) is 26.5. The van der Waals surface area contributed by atoms with E-state index in [-0.39, 0.29) is 30.7 Å². The molecule has 6 heteroatoms. The van der Waals surface area contributed by atoms with E-state index < -0.39 is 0 Å². The van der Waals surface area contributed by atoms with Crippen molar-refractivity contribution in [3.63, 3.8) is 0 Å². The first kappa shape index (κ1) is 18.0. The summed E-state index contributed by atoms with van der Waals surface area (Å²) in [5.41, 5.74) is 3.54. The molecule has 0 unspecified atom stereocenters. The number of aromatic nitrogens is 1. The van der Waals surface area contributed by atoms with Crippen molar-refractivity contribution >= 4 is 17.5 Å². The van der Waals surface area contributed by atoms with Crippen LogP contribution in [0.5, 0.6) is 0 Å². The smallest absolute Gasteiger partial charge is 0.227 e. The highest BCUT2D eigenvalue weighted by Gasteiger charge is 2.35. The quantitative estimate of drug-likeness (QED) is 0.742. The van der Waals surface area contributed by atoms with Gasteiger partial charge in [0.1, 0.15) is 5.69 Å². The number of carbonyl (C=O) groups excluding carboxylic acids is 2. The Morgan fingerprint density at radius 3 is 2.68 bits per heavy atom. The van der Waals surface area contributed by atoms with Crippen molar-refractivity contribution in [2.45, 2.75) is 19.9 Å². The summed E-state index contributed by atoms with van der Waals surface area (Å²) in [7, 11) is 0. The largest absolute Gasteiger partial charge is 0.356 e. The lowest BCUT2D eigenvalue weighted by Crippen LogP contribution is -2.32. The van der Waals surface area contributed by atoms with Crippen LogP contribution in [-0.2, 0) is 16.1 Å². The molecule has 142 valence electrons. The van der Waals surface area contributed by atoms with Gasteiger partial charge >= 0.3 is 0 Å². The van der Waals surface area contributed by atoms with Gasteiger partial charge in [-0.15, -0.1) is 0 Å². The SMILES string of the molecule is Cc1ccc(N2C[C@@H](C(=O)NCc3cc(-c4ccccc4)on3)CC2=O)cc1. The summed E-state index contributed by atoms with van der Waals surface area (Å²) in [6.45, 7) is 2.66. The number of nitrogens with zero attached hydrogens (tertiary/aromatic N) is 2. The molecular weight excluding hydrogens is 354 g/mol. The van der Waals surface area contributed by atoms with Crippen LogP contribution in [0.4, 0.5) is 5.69 Å². The molecule has 0 saturated carbocycles. The molecule has 4 rings (SSSR count). The van der Waals surface area contributed by atoms with Crippen LogP contribution in [0.3, 0.4) is 0 Å². The first-order valence-corrected chi connectivity index (χ1v) is 9.26. The van der Waals surface area contributed by atoms with Gasteiger partial charge in [-0.3, -0.25) is 9.59 Å². The molecule has 2 amide bonds. The summed E-state index contributed by atoms with van der Waals surface area (Å²) in [5.74, 6) is 0.116. The summed E-state index contributed by atoms with van der Waals surface area (Å²) in [6, 6.07) is 19.2. The molecule has 1 aliphatic heterocycles. The number of benzene rings is 2. The molecule has 0 bridgehead atoms. The zero-order chi connectivity index (χ0) is 19.5. The summed E-state index contributed by atoms with van der Waals surface area (Å²) in [5, 5.41) is 6.88. The maximum absolute atomic E-state index is 12.5. The van der Waals surface area contributed by atoms with Crippen molar-refractivity contribution in [1.82, 2.24) is 10.5 Å². The molecule has 0 radical (unpaired) electrons. The van der Waals surface area contributed by atoms with E-state index in [1.54, 1.807) is 4.90 Å². The molecular formula is C22H21N3O3. The zero-order valence-corrected chi connectivity index (χ0v) is 15.6. The number of carbonyl (C=O) groups is 2. The second-order valence-corrected chi connectivity index (χ2v) is 7.01. The minimum absolute atomic E-state index is 0.0307. The number of nitrogens with one attached hydrogen (secondary N) is 1. The Morgan fingerprint density at radius 2 is 1.93 bits per heavy atom. The lowest BCUT2D eigenvalue weighted by atomic mass is 10.1. The topological polar surface area (TPSA) is 75.4 Å². The number of hydrogen-bond acceptors (Lipinski definition) is 4. The first-order valence-electron chi connectivity index (χ1n) is 9.26. The van der Waals surface area contributed by atoms with Crippen LogP contribution in [0, 0.1) is 12.8 Å². The Bertz CT molecular complexity index is 980. The lowest BCUT2D eigenvalue weighted by molar-refractivity contribution is -0.126. The molecule has 3 aromatic rings. The van der Waals surface area contributed by atoms with Gasteiger partial charge in [-0.1, -0.05) is 53.2 Å². The van der Waals surface area contributed by atoms with Gasteiger partial charge in [0.15, 0.2) is 5.76 Å². The third kappa shape index (κ3) is 3.81. The molecule has 1 saturated heterocycles. The summed E-state index contributed by atoms with van der Waals surface area (Å²) < 4.78 is 5.35.